The van der Waals surface area contributed by atoms with Crippen molar-refractivity contribution in [2.75, 3.05) is 13.1 Å². The molecule has 146 valence electrons. The van der Waals surface area contributed by atoms with Crippen LogP contribution in [0.3, 0.4) is 0 Å². The van der Waals surface area contributed by atoms with Gasteiger partial charge < -0.3 is 9.47 Å². The van der Waals surface area contributed by atoms with Crippen molar-refractivity contribution in [2.24, 2.45) is 11.8 Å². The third-order valence-electron chi connectivity index (χ3n) is 5.13. The summed E-state index contributed by atoms with van der Waals surface area (Å²) >= 11 is 1.53. The highest BCUT2D eigenvalue weighted by molar-refractivity contribution is 8.00. The molecule has 3 rings (SSSR count). The monoisotopic (exact) mass is 386 g/mol. The maximum atomic E-state index is 12.9. The maximum Gasteiger partial charge on any atom is 0.235 e. The Kier molecular flexibility index (Phi) is 6.58. The normalized spacial score (nSPS) is 21.3. The van der Waals surface area contributed by atoms with Gasteiger partial charge in [-0.2, -0.15) is 0 Å². The van der Waals surface area contributed by atoms with E-state index in [0.29, 0.717) is 11.8 Å². The Balaban J connectivity index is 1.68. The molecule has 0 aliphatic carbocycles. The molecule has 0 radical (unpaired) electrons. The van der Waals surface area contributed by atoms with Gasteiger partial charge >= 0.3 is 0 Å². The zero-order valence-corrected chi connectivity index (χ0v) is 17.6. The van der Waals surface area contributed by atoms with Gasteiger partial charge in [0.25, 0.3) is 0 Å². The zero-order chi connectivity index (χ0) is 19.4. The van der Waals surface area contributed by atoms with Gasteiger partial charge in [0.1, 0.15) is 5.82 Å². The van der Waals surface area contributed by atoms with Crippen LogP contribution in [0.15, 0.2) is 35.5 Å². The van der Waals surface area contributed by atoms with Gasteiger partial charge in [-0.15, -0.1) is 10.2 Å². The van der Waals surface area contributed by atoms with E-state index in [4.69, 9.17) is 0 Å². The Morgan fingerprint density at radius 1 is 1.19 bits per heavy atom. The molecule has 1 amide bonds. The van der Waals surface area contributed by atoms with E-state index in [1.807, 2.05) is 30.0 Å². The molecule has 1 saturated heterocycles. The van der Waals surface area contributed by atoms with Crippen molar-refractivity contribution in [3.63, 3.8) is 0 Å². The van der Waals surface area contributed by atoms with Crippen LogP contribution in [-0.2, 0) is 17.8 Å². The molecule has 1 aliphatic rings. The van der Waals surface area contributed by atoms with Crippen LogP contribution in [0.4, 0.5) is 0 Å². The van der Waals surface area contributed by atoms with Crippen LogP contribution in [0.1, 0.15) is 45.5 Å². The van der Waals surface area contributed by atoms with Crippen molar-refractivity contribution in [3.05, 3.63) is 41.7 Å². The first-order valence-electron chi connectivity index (χ1n) is 9.89. The maximum absolute atomic E-state index is 12.9. The Bertz CT molecular complexity index is 751. The van der Waals surface area contributed by atoms with Gasteiger partial charge in [0.15, 0.2) is 5.16 Å². The zero-order valence-electron chi connectivity index (χ0n) is 16.8. The van der Waals surface area contributed by atoms with Crippen molar-refractivity contribution in [2.45, 2.75) is 57.5 Å². The lowest BCUT2D eigenvalue weighted by Gasteiger charge is -2.36. The molecule has 0 N–H and O–H groups in total. The summed E-state index contributed by atoms with van der Waals surface area (Å²) in [4.78, 5) is 15.0. The van der Waals surface area contributed by atoms with E-state index >= 15 is 0 Å². The number of amides is 1. The van der Waals surface area contributed by atoms with E-state index in [1.165, 1.54) is 23.7 Å². The summed E-state index contributed by atoms with van der Waals surface area (Å²) in [6.07, 6.45) is 1.96. The molecule has 27 heavy (non-hydrogen) atoms. The average Bonchev–Trinajstić information content (AvgIpc) is 3.02. The van der Waals surface area contributed by atoms with E-state index in [9.17, 15) is 4.79 Å². The lowest BCUT2D eigenvalue weighted by atomic mass is 9.92. The van der Waals surface area contributed by atoms with Crippen LogP contribution in [-0.4, -0.2) is 43.9 Å². The lowest BCUT2D eigenvalue weighted by molar-refractivity contribution is -0.132. The number of likely N-dealkylation sites (tertiary alicyclic amines) is 1. The second-order valence-electron chi connectivity index (χ2n) is 7.75. The SMILES string of the molecule is CCn1c(Cc2ccccc2)nnc1SC(C)C(=O)N1CC(C)CC(C)C1. The Morgan fingerprint density at radius 2 is 1.85 bits per heavy atom. The largest absolute Gasteiger partial charge is 0.341 e. The summed E-state index contributed by atoms with van der Waals surface area (Å²) in [5.41, 5.74) is 1.22. The first kappa shape index (κ1) is 19.9. The first-order chi connectivity index (χ1) is 13.0. The van der Waals surface area contributed by atoms with Crippen molar-refractivity contribution in [1.82, 2.24) is 19.7 Å². The molecule has 1 aliphatic heterocycles. The average molecular weight is 387 g/mol. The predicted octanol–water partition coefficient (Wildman–Crippen LogP) is 3.87. The predicted molar refractivity (Wildman–Crippen MR) is 110 cm³/mol. The quantitative estimate of drug-likeness (QED) is 0.707. The topological polar surface area (TPSA) is 51.0 Å². The number of aromatic nitrogens is 3. The van der Waals surface area contributed by atoms with E-state index in [0.717, 1.165) is 37.0 Å². The van der Waals surface area contributed by atoms with Crippen LogP contribution in [0.25, 0.3) is 0 Å². The second-order valence-corrected chi connectivity index (χ2v) is 9.06. The van der Waals surface area contributed by atoms with Gasteiger partial charge in [-0.1, -0.05) is 55.9 Å². The number of thioether (sulfide) groups is 1. The van der Waals surface area contributed by atoms with Gasteiger partial charge in [-0.3, -0.25) is 4.79 Å². The molecule has 1 fully saturated rings. The molecule has 1 aromatic carbocycles. The summed E-state index contributed by atoms with van der Waals surface area (Å²) in [7, 11) is 0. The number of piperidine rings is 1. The highest BCUT2D eigenvalue weighted by Crippen LogP contribution is 2.27. The number of nitrogens with zero attached hydrogens (tertiary/aromatic N) is 4. The summed E-state index contributed by atoms with van der Waals surface area (Å²) < 4.78 is 2.13. The minimum absolute atomic E-state index is 0.151. The minimum atomic E-state index is -0.151. The molecule has 0 spiro atoms. The van der Waals surface area contributed by atoms with Crippen LogP contribution in [0, 0.1) is 11.8 Å². The molecule has 6 heteroatoms. The molecular formula is C21H30N4OS. The first-order valence-corrected chi connectivity index (χ1v) is 10.8. The number of carbonyl (C=O) groups excluding carboxylic acids is 1. The standard InChI is InChI=1S/C21H30N4OS/c1-5-25-19(12-18-9-7-6-8-10-18)22-23-21(25)27-17(4)20(26)24-13-15(2)11-16(3)14-24/h6-10,15-17H,5,11-14H2,1-4H3. The van der Waals surface area contributed by atoms with Gasteiger partial charge in [0, 0.05) is 26.1 Å². The third-order valence-corrected chi connectivity index (χ3v) is 6.19. The Hall–Kier alpha value is -1.82. The fraction of sp³-hybridized carbons (Fsp3) is 0.571. The highest BCUT2D eigenvalue weighted by atomic mass is 32.2. The van der Waals surface area contributed by atoms with E-state index in [1.54, 1.807) is 0 Å². The lowest BCUT2D eigenvalue weighted by Crippen LogP contribution is -2.45. The number of benzene rings is 1. The molecule has 3 unspecified atom stereocenters. The van der Waals surface area contributed by atoms with E-state index in [-0.39, 0.29) is 11.2 Å². The van der Waals surface area contributed by atoms with Gasteiger partial charge in [-0.25, -0.2) is 0 Å². The number of rotatable bonds is 6. The van der Waals surface area contributed by atoms with Crippen molar-refractivity contribution in [1.29, 1.82) is 0 Å². The number of hydrogen-bond donors (Lipinski definition) is 0. The molecule has 2 heterocycles. The summed E-state index contributed by atoms with van der Waals surface area (Å²) in [6.45, 7) is 11.1. The molecular weight excluding hydrogens is 356 g/mol. The Labute approximate surface area is 166 Å². The van der Waals surface area contributed by atoms with Gasteiger partial charge in [0.2, 0.25) is 5.91 Å². The second kappa shape index (κ2) is 8.91. The van der Waals surface area contributed by atoms with Crippen molar-refractivity contribution in [3.8, 4) is 0 Å². The smallest absolute Gasteiger partial charge is 0.235 e. The fourth-order valence-electron chi connectivity index (χ4n) is 3.94. The van der Waals surface area contributed by atoms with Crippen LogP contribution < -0.4 is 0 Å². The summed E-state index contributed by atoms with van der Waals surface area (Å²) in [5.74, 6) is 2.32. The van der Waals surface area contributed by atoms with Crippen LogP contribution in [0.2, 0.25) is 0 Å². The summed E-state index contributed by atoms with van der Waals surface area (Å²) in [5, 5.41) is 9.47. The molecule has 0 saturated carbocycles. The van der Waals surface area contributed by atoms with Crippen LogP contribution in [0.5, 0.6) is 0 Å². The third kappa shape index (κ3) is 4.92. The van der Waals surface area contributed by atoms with Gasteiger partial charge in [-0.05, 0) is 37.7 Å². The Morgan fingerprint density at radius 3 is 2.48 bits per heavy atom. The van der Waals surface area contributed by atoms with E-state index in [2.05, 4.69) is 47.7 Å². The molecule has 0 bridgehead atoms. The van der Waals surface area contributed by atoms with Crippen molar-refractivity contribution >= 4 is 17.7 Å². The van der Waals surface area contributed by atoms with Crippen molar-refractivity contribution < 1.29 is 4.79 Å². The summed E-state index contributed by atoms with van der Waals surface area (Å²) in [6, 6.07) is 10.3. The number of hydrogen-bond acceptors (Lipinski definition) is 4. The van der Waals surface area contributed by atoms with Gasteiger partial charge in [0.05, 0.1) is 5.25 Å². The molecule has 2 aromatic rings. The molecule has 3 atom stereocenters. The van der Waals surface area contributed by atoms with Crippen LogP contribution >= 0.6 is 11.8 Å². The molecule has 1 aromatic heterocycles. The molecule has 5 nitrogen and oxygen atoms in total. The minimum Gasteiger partial charge on any atom is -0.341 e. The van der Waals surface area contributed by atoms with E-state index < -0.39 is 0 Å². The fourth-order valence-corrected chi connectivity index (χ4v) is 4.96. The number of carbonyl (C=O) groups is 1. The highest BCUT2D eigenvalue weighted by Gasteiger charge is 2.29.